The van der Waals surface area contributed by atoms with Gasteiger partial charge in [-0.05, 0) is 43.2 Å². The lowest BCUT2D eigenvalue weighted by Gasteiger charge is -2.44. The molecule has 7 nitrogen and oxygen atoms in total. The summed E-state index contributed by atoms with van der Waals surface area (Å²) in [6, 6.07) is 3.09. The third-order valence-corrected chi connectivity index (χ3v) is 10.0. The number of anilines is 1. The van der Waals surface area contributed by atoms with E-state index in [1.807, 2.05) is 13.8 Å². The van der Waals surface area contributed by atoms with E-state index in [0.717, 1.165) is 18.2 Å². The Hall–Kier alpha value is -3.45. The predicted molar refractivity (Wildman–Crippen MR) is 152 cm³/mol. The van der Waals surface area contributed by atoms with Gasteiger partial charge in [0.2, 0.25) is 5.91 Å². The van der Waals surface area contributed by atoms with Crippen LogP contribution < -0.4 is 10.6 Å². The second-order valence-electron chi connectivity index (χ2n) is 11.7. The lowest BCUT2D eigenvalue weighted by Crippen LogP contribution is -2.58. The number of amides is 1. The molecule has 0 unspecified atom stereocenters. The van der Waals surface area contributed by atoms with E-state index in [1.165, 1.54) is 22.4 Å². The molecule has 13 heteroatoms. The molecule has 3 aliphatic heterocycles. The van der Waals surface area contributed by atoms with Crippen molar-refractivity contribution in [3.05, 3.63) is 75.7 Å². The number of hydrogen-bond donors (Lipinski definition) is 0. The average Bonchev–Trinajstić information content (AvgIpc) is 3.12. The number of thioether (sulfide) groups is 1. The summed E-state index contributed by atoms with van der Waals surface area (Å²) in [5, 5.41) is 0.151. The van der Waals surface area contributed by atoms with Crippen LogP contribution in [-0.4, -0.2) is 64.5 Å². The first-order valence-corrected chi connectivity index (χ1v) is 14.8. The average molecular weight is 621 g/mol. The third-order valence-electron chi connectivity index (χ3n) is 8.54. The first-order chi connectivity index (χ1) is 20.3. The van der Waals surface area contributed by atoms with Gasteiger partial charge in [0, 0.05) is 65.7 Å². The molecule has 228 valence electrons. The van der Waals surface area contributed by atoms with Gasteiger partial charge in [-0.3, -0.25) is 9.36 Å². The molecule has 2 atom stereocenters. The van der Waals surface area contributed by atoms with Gasteiger partial charge in [-0.2, -0.15) is 18.2 Å². The zero-order valence-electron chi connectivity index (χ0n) is 23.5. The molecule has 1 amide bonds. The van der Waals surface area contributed by atoms with E-state index in [0.29, 0.717) is 30.5 Å². The third kappa shape index (κ3) is 5.09. The molecule has 1 spiro atoms. The van der Waals surface area contributed by atoms with Gasteiger partial charge in [-0.25, -0.2) is 13.6 Å². The van der Waals surface area contributed by atoms with Crippen molar-refractivity contribution in [1.29, 1.82) is 0 Å². The molecule has 2 aromatic carbocycles. The van der Waals surface area contributed by atoms with Crippen LogP contribution in [-0.2, 0) is 28.7 Å². The topological polar surface area (TPSA) is 67.7 Å². The first-order valence-electron chi connectivity index (χ1n) is 13.8. The van der Waals surface area contributed by atoms with Crippen molar-refractivity contribution in [2.45, 2.75) is 50.0 Å². The van der Waals surface area contributed by atoms with Gasteiger partial charge >= 0.3 is 11.9 Å². The number of carbonyl (C=O) groups is 1. The smallest absolute Gasteiger partial charge is 0.380 e. The fourth-order valence-electron chi connectivity index (χ4n) is 6.26. The molecule has 0 bridgehead atoms. The normalized spacial score (nSPS) is 21.6. The quantitative estimate of drug-likeness (QED) is 0.302. The summed E-state index contributed by atoms with van der Waals surface area (Å²) in [6.07, 6.45) is -4.06. The Bertz CT molecular complexity index is 1700. The largest absolute Gasteiger partial charge is 0.416 e. The standard InChI is InChI=1S/C30H29F5N4O3S/c1-4-24(40)37-10-17(3)38(11-16(37)2)27-21-9-22(30(33,34)35)20(7-18-5-6-19(31)8-23(18)32)26-25(21)39(28(41)36-27)12-29(15-43-26)13-42-14-29/h4-6,8-9,16-17H,1,7,10-15H2,2-3H3/t16-,17+/m1/s1. The number of carbonyl (C=O) groups excluding carboxylic acids is 1. The number of rotatable bonds is 4. The maximum Gasteiger partial charge on any atom is 0.416 e. The Morgan fingerprint density at radius 1 is 1.19 bits per heavy atom. The van der Waals surface area contributed by atoms with E-state index in [2.05, 4.69) is 11.6 Å². The molecule has 2 fully saturated rings. The molecular formula is C30H29F5N4O3S. The van der Waals surface area contributed by atoms with Crippen LogP contribution in [0, 0.1) is 17.0 Å². The second-order valence-corrected chi connectivity index (χ2v) is 12.7. The summed E-state index contributed by atoms with van der Waals surface area (Å²) < 4.78 is 79.9. The molecule has 0 saturated carbocycles. The van der Waals surface area contributed by atoms with Gasteiger partial charge in [0.05, 0.1) is 24.3 Å². The summed E-state index contributed by atoms with van der Waals surface area (Å²) in [5.74, 6) is -1.56. The molecule has 4 heterocycles. The van der Waals surface area contributed by atoms with E-state index in [4.69, 9.17) is 4.74 Å². The number of piperazine rings is 1. The number of hydrogen-bond acceptors (Lipinski definition) is 6. The van der Waals surface area contributed by atoms with Crippen LogP contribution >= 0.6 is 11.8 Å². The zero-order valence-corrected chi connectivity index (χ0v) is 24.3. The molecule has 2 saturated heterocycles. The van der Waals surface area contributed by atoms with Crippen molar-refractivity contribution >= 4 is 34.4 Å². The van der Waals surface area contributed by atoms with Crippen LogP contribution in [0.2, 0.25) is 0 Å². The van der Waals surface area contributed by atoms with E-state index < -0.39 is 40.9 Å². The summed E-state index contributed by atoms with van der Waals surface area (Å²) in [4.78, 5) is 34.1. The van der Waals surface area contributed by atoms with Crippen molar-refractivity contribution in [2.75, 3.05) is 37.0 Å². The van der Waals surface area contributed by atoms with Gasteiger partial charge in [-0.15, -0.1) is 11.8 Å². The number of alkyl halides is 3. The molecule has 0 N–H and O–H groups in total. The number of aromatic nitrogens is 2. The Labute approximate surface area is 248 Å². The van der Waals surface area contributed by atoms with Gasteiger partial charge in [0.25, 0.3) is 0 Å². The van der Waals surface area contributed by atoms with Crippen LogP contribution in [0.25, 0.3) is 10.9 Å². The van der Waals surface area contributed by atoms with E-state index >= 15 is 0 Å². The zero-order chi connectivity index (χ0) is 30.8. The maximum absolute atomic E-state index is 14.8. The molecule has 43 heavy (non-hydrogen) atoms. The van der Waals surface area contributed by atoms with Crippen molar-refractivity contribution < 1.29 is 31.5 Å². The van der Waals surface area contributed by atoms with E-state index in [9.17, 15) is 31.5 Å². The van der Waals surface area contributed by atoms with E-state index in [-0.39, 0.29) is 64.9 Å². The number of nitrogens with zero attached hydrogens (tertiary/aromatic N) is 4. The van der Waals surface area contributed by atoms with Crippen LogP contribution in [0.1, 0.15) is 30.5 Å². The molecule has 3 aromatic rings. The number of ether oxygens (including phenoxy) is 1. The Morgan fingerprint density at radius 3 is 2.56 bits per heavy atom. The minimum Gasteiger partial charge on any atom is -0.380 e. The lowest BCUT2D eigenvalue weighted by atomic mass is 9.88. The molecular weight excluding hydrogens is 591 g/mol. The monoisotopic (exact) mass is 620 g/mol. The van der Waals surface area contributed by atoms with Crippen molar-refractivity contribution in [2.24, 2.45) is 5.41 Å². The van der Waals surface area contributed by atoms with Crippen molar-refractivity contribution in [3.8, 4) is 0 Å². The fourth-order valence-corrected chi connectivity index (χ4v) is 7.68. The van der Waals surface area contributed by atoms with Crippen molar-refractivity contribution in [3.63, 3.8) is 0 Å². The second kappa shape index (κ2) is 10.6. The highest BCUT2D eigenvalue weighted by molar-refractivity contribution is 7.99. The van der Waals surface area contributed by atoms with Crippen LogP contribution in [0.4, 0.5) is 27.8 Å². The van der Waals surface area contributed by atoms with Gasteiger partial charge in [0.1, 0.15) is 17.5 Å². The van der Waals surface area contributed by atoms with Gasteiger partial charge in [0.15, 0.2) is 0 Å². The Balaban J connectivity index is 1.60. The summed E-state index contributed by atoms with van der Waals surface area (Å²) >= 11 is 1.20. The Morgan fingerprint density at radius 2 is 1.93 bits per heavy atom. The minimum atomic E-state index is -4.83. The van der Waals surface area contributed by atoms with E-state index in [1.54, 1.807) is 9.80 Å². The highest BCUT2D eigenvalue weighted by atomic mass is 32.2. The summed E-state index contributed by atoms with van der Waals surface area (Å²) in [5.41, 5.74) is -2.02. The SMILES string of the molecule is C=CC(=O)N1C[C@H](C)N(c2nc(=O)n3c4c(c(Cc5ccc(F)cc5F)c(C(F)(F)F)cc24)SCC2(COC2)C3)C[C@H]1C. The maximum atomic E-state index is 14.8. The van der Waals surface area contributed by atoms with Crippen LogP contribution in [0.15, 0.2) is 46.6 Å². The van der Waals surface area contributed by atoms with Crippen LogP contribution in [0.3, 0.4) is 0 Å². The Kier molecular flexibility index (Phi) is 7.31. The molecule has 3 aliphatic rings. The molecule has 1 aromatic heterocycles. The van der Waals surface area contributed by atoms with Crippen LogP contribution in [0.5, 0.6) is 0 Å². The van der Waals surface area contributed by atoms with Gasteiger partial charge < -0.3 is 14.5 Å². The van der Waals surface area contributed by atoms with Crippen molar-refractivity contribution in [1.82, 2.24) is 14.5 Å². The first kappa shape index (κ1) is 29.6. The molecule has 6 rings (SSSR count). The predicted octanol–water partition coefficient (Wildman–Crippen LogP) is 5.02. The number of benzene rings is 2. The highest BCUT2D eigenvalue weighted by Gasteiger charge is 2.44. The fraction of sp³-hybridized carbons (Fsp3) is 0.433. The highest BCUT2D eigenvalue weighted by Crippen LogP contribution is 2.48. The number of halogens is 5. The lowest BCUT2D eigenvalue weighted by molar-refractivity contribution is -0.138. The summed E-state index contributed by atoms with van der Waals surface area (Å²) in [6.45, 7) is 8.56. The summed E-state index contributed by atoms with van der Waals surface area (Å²) in [7, 11) is 0. The minimum absolute atomic E-state index is 0.0948. The van der Waals surface area contributed by atoms with Gasteiger partial charge in [-0.1, -0.05) is 12.6 Å². The molecule has 0 radical (unpaired) electrons. The molecule has 0 aliphatic carbocycles.